The largest absolute Gasteiger partial charge is 0.338 e. The number of amides is 2. The fourth-order valence-electron chi connectivity index (χ4n) is 1.86. The number of nitrogens with one attached hydrogen (secondary N) is 2. The minimum Gasteiger partial charge on any atom is -0.338 e. The van der Waals surface area contributed by atoms with Crippen molar-refractivity contribution in [1.29, 1.82) is 0 Å². The molecule has 2 amide bonds. The number of benzene rings is 1. The maximum absolute atomic E-state index is 12.4. The van der Waals surface area contributed by atoms with Crippen LogP contribution in [0.1, 0.15) is 19.4 Å². The smallest absolute Gasteiger partial charge is 0.290 e. The van der Waals surface area contributed by atoms with E-state index in [0.29, 0.717) is 0 Å². The third-order valence-electron chi connectivity index (χ3n) is 3.34. The summed E-state index contributed by atoms with van der Waals surface area (Å²) in [6.45, 7) is 10.4. The first-order valence-electron chi connectivity index (χ1n) is 6.97. The zero-order chi connectivity index (χ0) is 17.0. The van der Waals surface area contributed by atoms with Gasteiger partial charge in [0.15, 0.2) is 5.69 Å². The molecule has 0 aromatic heterocycles. The van der Waals surface area contributed by atoms with Crippen molar-refractivity contribution in [3.63, 3.8) is 0 Å². The molecule has 5 nitrogen and oxygen atoms in total. The fraction of sp³-hybridized carbons (Fsp3) is 0.294. The van der Waals surface area contributed by atoms with Gasteiger partial charge in [-0.25, -0.2) is 0 Å². The molecule has 1 aromatic carbocycles. The van der Waals surface area contributed by atoms with Gasteiger partial charge in [-0.05, 0) is 37.6 Å². The van der Waals surface area contributed by atoms with Crippen LogP contribution in [0.15, 0.2) is 43.5 Å². The Morgan fingerprint density at radius 3 is 2.14 bits per heavy atom. The molecule has 0 aliphatic heterocycles. The molecular weight excluding hydrogens is 278 g/mol. The Labute approximate surface area is 131 Å². The molecule has 0 atom stereocenters. The summed E-state index contributed by atoms with van der Waals surface area (Å²) in [6, 6.07) is 7.71. The summed E-state index contributed by atoms with van der Waals surface area (Å²) >= 11 is 0. The molecule has 0 fully saturated rings. The van der Waals surface area contributed by atoms with E-state index in [4.69, 9.17) is 0 Å². The van der Waals surface area contributed by atoms with Crippen LogP contribution < -0.4 is 15.3 Å². The number of hydrogen-bond acceptors (Lipinski definition) is 2. The van der Waals surface area contributed by atoms with Gasteiger partial charge < -0.3 is 5.32 Å². The summed E-state index contributed by atoms with van der Waals surface area (Å²) in [6.07, 6.45) is 2.90. The first kappa shape index (κ1) is 17.7. The van der Waals surface area contributed by atoms with Crippen molar-refractivity contribution in [2.45, 2.75) is 19.4 Å². The summed E-state index contributed by atoms with van der Waals surface area (Å²) in [5.74, 6) is -0.679. The van der Waals surface area contributed by atoms with Gasteiger partial charge >= 0.3 is 0 Å². The Kier molecular flexibility index (Phi) is 5.28. The zero-order valence-electron chi connectivity index (χ0n) is 13.6. The lowest BCUT2D eigenvalue weighted by molar-refractivity contribution is -0.133. The van der Waals surface area contributed by atoms with E-state index in [2.05, 4.69) is 23.9 Å². The first-order chi connectivity index (χ1) is 10.1. The van der Waals surface area contributed by atoms with E-state index in [-0.39, 0.29) is 16.4 Å². The van der Waals surface area contributed by atoms with Gasteiger partial charge in [0.2, 0.25) is 5.91 Å². The number of carbonyl (C=O) groups is 2. The van der Waals surface area contributed by atoms with Crippen LogP contribution in [0.2, 0.25) is 0 Å². The predicted molar refractivity (Wildman–Crippen MR) is 90.7 cm³/mol. The van der Waals surface area contributed by atoms with Gasteiger partial charge in [0.1, 0.15) is 5.54 Å². The van der Waals surface area contributed by atoms with Crippen molar-refractivity contribution in [2.75, 3.05) is 14.1 Å². The van der Waals surface area contributed by atoms with E-state index in [1.54, 1.807) is 19.9 Å². The zero-order valence-corrected chi connectivity index (χ0v) is 13.6. The van der Waals surface area contributed by atoms with Gasteiger partial charge in [-0.2, -0.15) is 10.0 Å². The van der Waals surface area contributed by atoms with Gasteiger partial charge in [-0.15, -0.1) is 0 Å². The Morgan fingerprint density at radius 2 is 1.68 bits per heavy atom. The van der Waals surface area contributed by atoms with Crippen molar-refractivity contribution in [2.24, 2.45) is 0 Å². The molecular formula is C17H24N3O2+. The lowest BCUT2D eigenvalue weighted by Gasteiger charge is -2.33. The van der Waals surface area contributed by atoms with Gasteiger partial charge in [-0.1, -0.05) is 19.2 Å². The fourth-order valence-corrected chi connectivity index (χ4v) is 1.86. The molecule has 0 saturated heterocycles. The number of hydrogen-bond donors (Lipinski definition) is 2. The molecule has 0 saturated carbocycles. The molecule has 0 heterocycles. The molecule has 1 rings (SSSR count). The van der Waals surface area contributed by atoms with Crippen molar-refractivity contribution in [3.8, 4) is 0 Å². The topological polar surface area (TPSA) is 58.2 Å². The van der Waals surface area contributed by atoms with Crippen molar-refractivity contribution < 1.29 is 9.59 Å². The predicted octanol–water partition coefficient (Wildman–Crippen LogP) is 2.01. The van der Waals surface area contributed by atoms with E-state index >= 15 is 0 Å². The summed E-state index contributed by atoms with van der Waals surface area (Å²) in [5.41, 5.74) is 3.78. The normalized spacial score (nSPS) is 11.5. The maximum atomic E-state index is 12.4. The van der Waals surface area contributed by atoms with Crippen LogP contribution in [-0.2, 0) is 9.59 Å². The first-order valence-corrected chi connectivity index (χ1v) is 6.97. The van der Waals surface area contributed by atoms with E-state index in [1.165, 1.54) is 0 Å². The third-order valence-corrected chi connectivity index (χ3v) is 3.34. The van der Waals surface area contributed by atoms with Crippen LogP contribution in [0.25, 0.3) is 6.08 Å². The molecule has 1 aromatic rings. The second kappa shape index (κ2) is 6.58. The minimum absolute atomic E-state index is 0.156. The van der Waals surface area contributed by atoms with E-state index in [0.717, 1.165) is 17.3 Å². The van der Waals surface area contributed by atoms with Crippen LogP contribution >= 0.6 is 0 Å². The summed E-state index contributed by atoms with van der Waals surface area (Å²) in [4.78, 5) is 23.9. The molecule has 0 radical (unpaired) electrons. The number of rotatable bonds is 6. The van der Waals surface area contributed by atoms with Crippen LogP contribution in [-0.4, -0.2) is 31.4 Å². The van der Waals surface area contributed by atoms with Crippen LogP contribution in [0, 0.1) is 0 Å². The molecule has 0 spiro atoms. The highest BCUT2D eigenvalue weighted by atomic mass is 16.2. The Balaban J connectivity index is 2.89. The second-order valence-corrected chi connectivity index (χ2v) is 6.01. The number of carbonyl (C=O) groups excluding carboxylic acids is 2. The quantitative estimate of drug-likeness (QED) is 0.480. The Bertz CT molecular complexity index is 586. The molecule has 118 valence electrons. The Hall–Kier alpha value is -2.40. The SMILES string of the molecule is C=CC(=O)NC(C)(C)C(=O)N[N+](C)(C)c1ccc(C=C)cc1. The molecule has 0 bridgehead atoms. The summed E-state index contributed by atoms with van der Waals surface area (Å²) in [5, 5.41) is 2.61. The highest BCUT2D eigenvalue weighted by Gasteiger charge is 2.34. The average Bonchev–Trinajstić information content (AvgIpc) is 2.46. The van der Waals surface area contributed by atoms with Crippen molar-refractivity contribution in [1.82, 2.24) is 15.3 Å². The molecule has 0 unspecified atom stereocenters. The molecule has 22 heavy (non-hydrogen) atoms. The molecule has 0 aliphatic carbocycles. The highest BCUT2D eigenvalue weighted by molar-refractivity contribution is 5.94. The van der Waals surface area contributed by atoms with Crippen molar-refractivity contribution in [3.05, 3.63) is 49.1 Å². The van der Waals surface area contributed by atoms with Crippen LogP contribution in [0.3, 0.4) is 0 Å². The maximum Gasteiger partial charge on any atom is 0.290 e. The van der Waals surface area contributed by atoms with Gasteiger partial charge in [-0.3, -0.25) is 9.59 Å². The van der Waals surface area contributed by atoms with Gasteiger partial charge in [0.25, 0.3) is 5.91 Å². The van der Waals surface area contributed by atoms with E-state index in [9.17, 15) is 9.59 Å². The highest BCUT2D eigenvalue weighted by Crippen LogP contribution is 2.18. The molecule has 2 N–H and O–H groups in total. The lowest BCUT2D eigenvalue weighted by atomic mass is 10.0. The van der Waals surface area contributed by atoms with Crippen LogP contribution in [0.5, 0.6) is 0 Å². The third kappa shape index (κ3) is 4.30. The minimum atomic E-state index is -1.04. The molecule has 5 heteroatoms. The Morgan fingerprint density at radius 1 is 1.14 bits per heavy atom. The monoisotopic (exact) mass is 302 g/mol. The van der Waals surface area contributed by atoms with Crippen LogP contribution in [0.4, 0.5) is 5.69 Å². The van der Waals surface area contributed by atoms with E-state index in [1.807, 2.05) is 38.4 Å². The molecule has 0 aliphatic rings. The van der Waals surface area contributed by atoms with Gasteiger partial charge in [0, 0.05) is 12.1 Å². The van der Waals surface area contributed by atoms with Crippen molar-refractivity contribution >= 4 is 23.6 Å². The number of quaternary nitrogens is 1. The second-order valence-electron chi connectivity index (χ2n) is 6.01. The standard InChI is InChI=1S/C17H23N3O2/c1-7-13-9-11-14(12-10-13)20(5,6)19-16(22)17(3,4)18-15(21)8-2/h7-12H,1-2H2,3-6H3,(H-,18,19,21,22)/p+1. The summed E-state index contributed by atoms with van der Waals surface area (Å²) in [7, 11) is 3.71. The van der Waals surface area contributed by atoms with Gasteiger partial charge in [0.05, 0.1) is 14.1 Å². The van der Waals surface area contributed by atoms with E-state index < -0.39 is 5.54 Å². The lowest BCUT2D eigenvalue weighted by Crippen LogP contribution is -2.64. The summed E-state index contributed by atoms with van der Waals surface area (Å²) < 4.78 is 0.156. The average molecular weight is 302 g/mol. The number of nitrogens with zero attached hydrogens (tertiary/aromatic N) is 1.